The third kappa shape index (κ3) is 3.23. The summed E-state index contributed by atoms with van der Waals surface area (Å²) < 4.78 is 26.6. The number of halogens is 2. The smallest absolute Gasteiger partial charge is 0.123 e. The van der Waals surface area contributed by atoms with Crippen LogP contribution >= 0.6 is 0 Å². The van der Waals surface area contributed by atoms with Crippen molar-refractivity contribution in [3.8, 4) is 0 Å². The van der Waals surface area contributed by atoms with E-state index in [0.717, 1.165) is 22.5 Å². The van der Waals surface area contributed by atoms with Gasteiger partial charge in [0.2, 0.25) is 0 Å². The summed E-state index contributed by atoms with van der Waals surface area (Å²) in [4.78, 5) is 0. The predicted octanol–water partition coefficient (Wildman–Crippen LogP) is 5.63. The van der Waals surface area contributed by atoms with Crippen molar-refractivity contribution in [3.05, 3.63) is 101 Å². The maximum Gasteiger partial charge on any atom is 0.123 e. The van der Waals surface area contributed by atoms with Crippen molar-refractivity contribution in [1.29, 1.82) is 0 Å². The summed E-state index contributed by atoms with van der Waals surface area (Å²) in [6.45, 7) is 2.04. The number of hydrogen-bond acceptors (Lipinski definition) is 2. The van der Waals surface area contributed by atoms with E-state index in [1.54, 1.807) is 24.3 Å². The number of rotatable bonds is 3. The summed E-state index contributed by atoms with van der Waals surface area (Å²) >= 11 is 0. The summed E-state index contributed by atoms with van der Waals surface area (Å²) in [6.07, 6.45) is 0.672. The van der Waals surface area contributed by atoms with Crippen LogP contribution in [-0.2, 0) is 0 Å². The fourth-order valence-corrected chi connectivity index (χ4v) is 3.21. The molecule has 2 nitrogen and oxygen atoms in total. The van der Waals surface area contributed by atoms with E-state index < -0.39 is 0 Å². The number of anilines is 1. The van der Waals surface area contributed by atoms with Gasteiger partial charge in [0.1, 0.15) is 11.6 Å². The van der Waals surface area contributed by atoms with Gasteiger partial charge in [-0.15, -0.1) is 0 Å². The lowest BCUT2D eigenvalue weighted by Gasteiger charge is -2.24. The molecule has 1 atom stereocenters. The van der Waals surface area contributed by atoms with Gasteiger partial charge in [0.05, 0.1) is 17.4 Å². The monoisotopic (exact) mass is 348 g/mol. The summed E-state index contributed by atoms with van der Waals surface area (Å²) in [5, 5.41) is 6.77. The Kier molecular flexibility index (Phi) is 4.25. The second kappa shape index (κ2) is 6.71. The van der Waals surface area contributed by atoms with Crippen LogP contribution in [0, 0.1) is 18.6 Å². The van der Waals surface area contributed by atoms with Crippen LogP contribution in [0.3, 0.4) is 0 Å². The molecule has 26 heavy (non-hydrogen) atoms. The molecule has 0 spiro atoms. The molecule has 3 aromatic rings. The number of hydrazone groups is 1. The molecule has 0 aliphatic carbocycles. The highest BCUT2D eigenvalue weighted by Crippen LogP contribution is 2.36. The van der Waals surface area contributed by atoms with Crippen LogP contribution in [0.5, 0.6) is 0 Å². The predicted molar refractivity (Wildman–Crippen MR) is 100 cm³/mol. The topological polar surface area (TPSA) is 15.6 Å². The third-order valence-electron chi connectivity index (χ3n) is 4.64. The van der Waals surface area contributed by atoms with Crippen molar-refractivity contribution in [2.45, 2.75) is 19.4 Å². The Morgan fingerprint density at radius 3 is 2.00 bits per heavy atom. The third-order valence-corrected chi connectivity index (χ3v) is 4.64. The zero-order valence-corrected chi connectivity index (χ0v) is 14.4. The van der Waals surface area contributed by atoms with Crippen LogP contribution in [0.4, 0.5) is 14.5 Å². The first kappa shape index (κ1) is 16.5. The highest BCUT2D eigenvalue weighted by atomic mass is 19.1. The molecule has 0 aromatic heterocycles. The van der Waals surface area contributed by atoms with Gasteiger partial charge in [-0.05, 0) is 54.4 Å². The Balaban J connectivity index is 1.74. The molecular formula is C22H18F2N2. The molecule has 1 aliphatic heterocycles. The second-order valence-corrected chi connectivity index (χ2v) is 6.51. The fraction of sp³-hybridized carbons (Fsp3) is 0.136. The van der Waals surface area contributed by atoms with Crippen LogP contribution < -0.4 is 5.01 Å². The van der Waals surface area contributed by atoms with E-state index >= 15 is 0 Å². The summed E-state index contributed by atoms with van der Waals surface area (Å²) in [7, 11) is 0. The van der Waals surface area contributed by atoms with E-state index in [1.165, 1.54) is 29.8 Å². The average molecular weight is 348 g/mol. The Labute approximate surface area is 151 Å². The molecule has 1 unspecified atom stereocenters. The van der Waals surface area contributed by atoms with E-state index in [9.17, 15) is 8.78 Å². The molecule has 1 aliphatic rings. The summed E-state index contributed by atoms with van der Waals surface area (Å²) in [6, 6.07) is 21.0. The fourth-order valence-electron chi connectivity index (χ4n) is 3.21. The van der Waals surface area contributed by atoms with Gasteiger partial charge in [-0.3, -0.25) is 5.01 Å². The lowest BCUT2D eigenvalue weighted by molar-refractivity contribution is 0.624. The first-order valence-electron chi connectivity index (χ1n) is 8.55. The maximum absolute atomic E-state index is 13.3. The molecule has 0 saturated carbocycles. The molecule has 0 bridgehead atoms. The lowest BCUT2D eigenvalue weighted by atomic mass is 9.98. The first-order chi connectivity index (χ1) is 12.6. The summed E-state index contributed by atoms with van der Waals surface area (Å²) in [5.41, 5.74) is 4.93. The van der Waals surface area contributed by atoms with Crippen LogP contribution in [0.1, 0.15) is 29.2 Å². The van der Waals surface area contributed by atoms with Crippen LogP contribution in [0.2, 0.25) is 0 Å². The van der Waals surface area contributed by atoms with Crippen molar-refractivity contribution in [2.75, 3.05) is 5.01 Å². The minimum absolute atomic E-state index is 0.0293. The number of nitrogens with zero attached hydrogens (tertiary/aromatic N) is 2. The van der Waals surface area contributed by atoms with Crippen LogP contribution in [-0.4, -0.2) is 5.71 Å². The molecule has 1 heterocycles. The van der Waals surface area contributed by atoms with Gasteiger partial charge in [-0.2, -0.15) is 5.10 Å². The zero-order valence-electron chi connectivity index (χ0n) is 14.4. The molecule has 4 heteroatoms. The lowest BCUT2D eigenvalue weighted by Crippen LogP contribution is -2.18. The maximum atomic E-state index is 13.3. The number of aryl methyl sites for hydroxylation is 1. The molecule has 4 rings (SSSR count). The molecule has 0 N–H and O–H groups in total. The minimum atomic E-state index is -0.266. The van der Waals surface area contributed by atoms with Crippen LogP contribution in [0.15, 0.2) is 77.9 Å². The van der Waals surface area contributed by atoms with E-state index in [-0.39, 0.29) is 17.7 Å². The van der Waals surface area contributed by atoms with Crippen molar-refractivity contribution in [1.82, 2.24) is 0 Å². The van der Waals surface area contributed by atoms with Gasteiger partial charge in [-0.1, -0.05) is 42.0 Å². The van der Waals surface area contributed by atoms with Crippen LogP contribution in [0.25, 0.3) is 0 Å². The molecule has 3 aromatic carbocycles. The van der Waals surface area contributed by atoms with Gasteiger partial charge >= 0.3 is 0 Å². The summed E-state index contributed by atoms with van der Waals surface area (Å²) in [5.74, 6) is -0.522. The largest absolute Gasteiger partial charge is 0.257 e. The zero-order chi connectivity index (χ0) is 18.1. The van der Waals surface area contributed by atoms with E-state index in [1.807, 2.05) is 36.2 Å². The normalized spacial score (nSPS) is 16.7. The molecule has 130 valence electrons. The SMILES string of the molecule is Cc1ccc(N2N=C(c3ccc(F)cc3)CC2c2ccc(F)cc2)cc1. The Hall–Kier alpha value is -3.01. The number of benzene rings is 3. The van der Waals surface area contributed by atoms with Crippen molar-refractivity contribution in [3.63, 3.8) is 0 Å². The van der Waals surface area contributed by atoms with Crippen molar-refractivity contribution < 1.29 is 8.78 Å². The standard InChI is InChI=1S/C22H18F2N2/c1-15-2-12-20(13-3-15)26-22(17-6-10-19(24)11-7-17)14-21(25-26)16-4-8-18(23)9-5-16/h2-13,22H,14H2,1H3. The molecule has 0 saturated heterocycles. The highest BCUT2D eigenvalue weighted by molar-refractivity contribution is 6.03. The van der Waals surface area contributed by atoms with E-state index in [4.69, 9.17) is 5.10 Å². The quantitative estimate of drug-likeness (QED) is 0.599. The molecule has 0 fully saturated rings. The molecular weight excluding hydrogens is 330 g/mol. The number of hydrogen-bond donors (Lipinski definition) is 0. The van der Waals surface area contributed by atoms with Gasteiger partial charge in [0.15, 0.2) is 0 Å². The second-order valence-electron chi connectivity index (χ2n) is 6.51. The molecule has 0 amide bonds. The average Bonchev–Trinajstić information content (AvgIpc) is 3.09. The van der Waals surface area contributed by atoms with E-state index in [2.05, 4.69) is 0 Å². The van der Waals surface area contributed by atoms with Gasteiger partial charge in [0.25, 0.3) is 0 Å². The van der Waals surface area contributed by atoms with Crippen molar-refractivity contribution in [2.24, 2.45) is 5.10 Å². The minimum Gasteiger partial charge on any atom is -0.257 e. The van der Waals surface area contributed by atoms with E-state index in [0.29, 0.717) is 6.42 Å². The van der Waals surface area contributed by atoms with Gasteiger partial charge < -0.3 is 0 Å². The van der Waals surface area contributed by atoms with Crippen molar-refractivity contribution >= 4 is 11.4 Å². The molecule has 0 radical (unpaired) electrons. The highest BCUT2D eigenvalue weighted by Gasteiger charge is 2.29. The Morgan fingerprint density at radius 1 is 0.808 bits per heavy atom. The first-order valence-corrected chi connectivity index (χ1v) is 8.55. The Morgan fingerprint density at radius 2 is 1.38 bits per heavy atom. The Bertz CT molecular complexity index is 929. The van der Waals surface area contributed by atoms with Gasteiger partial charge in [-0.25, -0.2) is 8.78 Å². The van der Waals surface area contributed by atoms with Gasteiger partial charge in [0, 0.05) is 6.42 Å².